The Labute approximate surface area is 133 Å². The SMILES string of the molecule is Oc1ccc(COc2cccc3cccnc23)c2cccnc12. The van der Waals surface area contributed by atoms with Gasteiger partial charge < -0.3 is 9.84 Å². The Morgan fingerprint density at radius 1 is 0.826 bits per heavy atom. The maximum atomic E-state index is 9.91. The van der Waals surface area contributed by atoms with Crippen LogP contribution in [0.25, 0.3) is 21.8 Å². The van der Waals surface area contributed by atoms with Gasteiger partial charge in [0.1, 0.15) is 29.1 Å². The molecular formula is C19H14N2O2. The molecule has 4 nitrogen and oxygen atoms in total. The van der Waals surface area contributed by atoms with E-state index in [-0.39, 0.29) is 5.75 Å². The summed E-state index contributed by atoms with van der Waals surface area (Å²) in [4.78, 5) is 8.62. The zero-order valence-electron chi connectivity index (χ0n) is 12.3. The second-order valence-electron chi connectivity index (χ2n) is 5.26. The van der Waals surface area contributed by atoms with Gasteiger partial charge in [-0.1, -0.05) is 30.3 Å². The molecule has 4 aromatic rings. The second-order valence-corrected chi connectivity index (χ2v) is 5.26. The molecule has 0 aliphatic carbocycles. The van der Waals surface area contributed by atoms with E-state index >= 15 is 0 Å². The third kappa shape index (κ3) is 2.44. The Morgan fingerprint density at radius 2 is 1.61 bits per heavy atom. The maximum Gasteiger partial charge on any atom is 0.146 e. The van der Waals surface area contributed by atoms with E-state index in [2.05, 4.69) is 9.97 Å². The number of hydrogen-bond acceptors (Lipinski definition) is 4. The quantitative estimate of drug-likeness (QED) is 0.620. The van der Waals surface area contributed by atoms with E-state index in [1.807, 2.05) is 48.5 Å². The van der Waals surface area contributed by atoms with Crippen LogP contribution in [0.5, 0.6) is 11.5 Å². The van der Waals surface area contributed by atoms with Gasteiger partial charge in [-0.25, -0.2) is 0 Å². The maximum absolute atomic E-state index is 9.91. The number of aromatic hydroxyl groups is 1. The summed E-state index contributed by atoms with van der Waals surface area (Å²) in [7, 11) is 0. The smallest absolute Gasteiger partial charge is 0.146 e. The molecular weight excluding hydrogens is 288 g/mol. The summed E-state index contributed by atoms with van der Waals surface area (Å²) in [5, 5.41) is 11.8. The highest BCUT2D eigenvalue weighted by atomic mass is 16.5. The highest BCUT2D eigenvalue weighted by molar-refractivity contribution is 5.87. The van der Waals surface area contributed by atoms with Gasteiger partial charge in [0.2, 0.25) is 0 Å². The summed E-state index contributed by atoms with van der Waals surface area (Å²) in [6, 6.07) is 17.1. The number of fused-ring (bicyclic) bond motifs is 2. The molecule has 0 aliphatic rings. The van der Waals surface area contributed by atoms with Crippen molar-refractivity contribution in [1.29, 1.82) is 0 Å². The number of phenolic OH excluding ortho intramolecular Hbond substituents is 1. The van der Waals surface area contributed by atoms with Gasteiger partial charge in [-0.15, -0.1) is 0 Å². The first-order valence-corrected chi connectivity index (χ1v) is 7.35. The minimum atomic E-state index is 0.177. The van der Waals surface area contributed by atoms with Crippen LogP contribution in [0.2, 0.25) is 0 Å². The summed E-state index contributed by atoms with van der Waals surface area (Å²) < 4.78 is 5.98. The van der Waals surface area contributed by atoms with Crippen LogP contribution in [0.4, 0.5) is 0 Å². The number of ether oxygens (including phenoxy) is 1. The van der Waals surface area contributed by atoms with E-state index in [1.54, 1.807) is 18.5 Å². The number of aromatic nitrogens is 2. The van der Waals surface area contributed by atoms with E-state index in [1.165, 1.54) is 0 Å². The van der Waals surface area contributed by atoms with Crippen LogP contribution >= 0.6 is 0 Å². The minimum absolute atomic E-state index is 0.177. The van der Waals surface area contributed by atoms with Crippen LogP contribution in [0, 0.1) is 0 Å². The molecule has 0 bridgehead atoms. The van der Waals surface area contributed by atoms with Gasteiger partial charge in [-0.3, -0.25) is 9.97 Å². The van der Waals surface area contributed by atoms with E-state index in [4.69, 9.17) is 4.74 Å². The van der Waals surface area contributed by atoms with Gasteiger partial charge in [-0.05, 0) is 29.8 Å². The Hall–Kier alpha value is -3.14. The molecule has 0 unspecified atom stereocenters. The van der Waals surface area contributed by atoms with Crippen LogP contribution in [0.3, 0.4) is 0 Å². The summed E-state index contributed by atoms with van der Waals surface area (Å²) in [6.07, 6.45) is 3.43. The van der Waals surface area contributed by atoms with Gasteiger partial charge in [0.25, 0.3) is 0 Å². The Morgan fingerprint density at radius 3 is 2.52 bits per heavy atom. The normalized spacial score (nSPS) is 11.0. The molecule has 2 aromatic heterocycles. The summed E-state index contributed by atoms with van der Waals surface area (Å²) >= 11 is 0. The van der Waals surface area contributed by atoms with Gasteiger partial charge in [-0.2, -0.15) is 0 Å². The first-order valence-electron chi connectivity index (χ1n) is 7.35. The zero-order chi connectivity index (χ0) is 15.6. The predicted molar refractivity (Wildman–Crippen MR) is 89.5 cm³/mol. The lowest BCUT2D eigenvalue weighted by Gasteiger charge is -2.11. The highest BCUT2D eigenvalue weighted by Crippen LogP contribution is 2.28. The van der Waals surface area contributed by atoms with Crippen LogP contribution < -0.4 is 4.74 Å². The van der Waals surface area contributed by atoms with E-state index in [0.717, 1.165) is 27.6 Å². The number of rotatable bonds is 3. The number of benzene rings is 2. The Kier molecular flexibility index (Phi) is 3.27. The van der Waals surface area contributed by atoms with Crippen molar-refractivity contribution in [2.24, 2.45) is 0 Å². The van der Waals surface area contributed by atoms with Gasteiger partial charge in [0.05, 0.1) is 0 Å². The lowest BCUT2D eigenvalue weighted by molar-refractivity contribution is 0.311. The largest absolute Gasteiger partial charge is 0.506 e. The fraction of sp³-hybridized carbons (Fsp3) is 0.0526. The molecule has 0 saturated heterocycles. The molecule has 0 fully saturated rings. The van der Waals surface area contributed by atoms with E-state index in [9.17, 15) is 5.11 Å². The second kappa shape index (κ2) is 5.57. The first kappa shape index (κ1) is 13.5. The molecule has 4 rings (SSSR count). The molecule has 1 N–H and O–H groups in total. The molecule has 0 amide bonds. The van der Waals surface area contributed by atoms with Crippen molar-refractivity contribution in [3.05, 3.63) is 72.6 Å². The van der Waals surface area contributed by atoms with Crippen molar-refractivity contribution in [3.8, 4) is 11.5 Å². The van der Waals surface area contributed by atoms with E-state index in [0.29, 0.717) is 12.1 Å². The molecule has 0 aliphatic heterocycles. The molecule has 0 saturated carbocycles. The van der Waals surface area contributed by atoms with Gasteiger partial charge in [0, 0.05) is 23.2 Å². The van der Waals surface area contributed by atoms with Crippen molar-refractivity contribution < 1.29 is 9.84 Å². The molecule has 2 aromatic carbocycles. The number of pyridine rings is 2. The molecule has 0 atom stereocenters. The van der Waals surface area contributed by atoms with Gasteiger partial charge >= 0.3 is 0 Å². The average molecular weight is 302 g/mol. The number of nitrogens with zero attached hydrogens (tertiary/aromatic N) is 2. The Bertz CT molecular complexity index is 993. The van der Waals surface area contributed by atoms with Crippen LogP contribution in [0.1, 0.15) is 5.56 Å². The third-order valence-corrected chi connectivity index (χ3v) is 3.82. The van der Waals surface area contributed by atoms with Crippen molar-refractivity contribution in [1.82, 2.24) is 9.97 Å². The van der Waals surface area contributed by atoms with Gasteiger partial charge in [0.15, 0.2) is 0 Å². The first-order chi connectivity index (χ1) is 11.3. The van der Waals surface area contributed by atoms with Crippen molar-refractivity contribution in [3.63, 3.8) is 0 Å². The number of phenols is 1. The Balaban J connectivity index is 1.71. The van der Waals surface area contributed by atoms with E-state index < -0.39 is 0 Å². The average Bonchev–Trinajstić information content (AvgIpc) is 2.61. The number of para-hydroxylation sites is 1. The molecule has 2 heterocycles. The third-order valence-electron chi connectivity index (χ3n) is 3.82. The molecule has 0 radical (unpaired) electrons. The zero-order valence-corrected chi connectivity index (χ0v) is 12.3. The van der Waals surface area contributed by atoms with Crippen LogP contribution in [0.15, 0.2) is 67.0 Å². The minimum Gasteiger partial charge on any atom is -0.506 e. The highest BCUT2D eigenvalue weighted by Gasteiger charge is 2.08. The lowest BCUT2D eigenvalue weighted by atomic mass is 10.1. The topological polar surface area (TPSA) is 55.2 Å². The number of hydrogen-bond donors (Lipinski definition) is 1. The summed E-state index contributed by atoms with van der Waals surface area (Å²) in [5.41, 5.74) is 2.40. The molecule has 112 valence electrons. The molecule has 4 heteroatoms. The van der Waals surface area contributed by atoms with Crippen LogP contribution in [-0.2, 0) is 6.61 Å². The lowest BCUT2D eigenvalue weighted by Crippen LogP contribution is -1.98. The summed E-state index contributed by atoms with van der Waals surface area (Å²) in [5.74, 6) is 0.921. The fourth-order valence-electron chi connectivity index (χ4n) is 2.69. The monoisotopic (exact) mass is 302 g/mol. The standard InChI is InChI=1S/C19H14N2O2/c22-16-9-8-14(15-6-3-11-21-19(15)16)12-23-17-7-1-4-13-5-2-10-20-18(13)17/h1-11,22H,12H2. The van der Waals surface area contributed by atoms with Crippen molar-refractivity contribution in [2.45, 2.75) is 6.61 Å². The summed E-state index contributed by atoms with van der Waals surface area (Å²) in [6.45, 7) is 0.387. The van der Waals surface area contributed by atoms with Crippen LogP contribution in [-0.4, -0.2) is 15.1 Å². The fourth-order valence-corrected chi connectivity index (χ4v) is 2.69. The molecule has 23 heavy (non-hydrogen) atoms. The van der Waals surface area contributed by atoms with Crippen molar-refractivity contribution >= 4 is 21.8 Å². The molecule has 0 spiro atoms. The predicted octanol–water partition coefficient (Wildman–Crippen LogP) is 4.07. The van der Waals surface area contributed by atoms with Crippen molar-refractivity contribution in [2.75, 3.05) is 0 Å².